The molecule has 1 aromatic carbocycles. The zero-order valence-corrected chi connectivity index (χ0v) is 12.7. The van der Waals surface area contributed by atoms with Crippen molar-refractivity contribution in [1.82, 2.24) is 0 Å². The lowest BCUT2D eigenvalue weighted by Crippen LogP contribution is -2.32. The number of benzene rings is 1. The largest absolute Gasteiger partial charge is 0.391 e. The van der Waals surface area contributed by atoms with Crippen LogP contribution in [-0.4, -0.2) is 31.4 Å². The molecule has 20 heavy (non-hydrogen) atoms. The van der Waals surface area contributed by atoms with Crippen LogP contribution in [0.1, 0.15) is 39.0 Å². The van der Waals surface area contributed by atoms with Gasteiger partial charge in [-0.3, -0.25) is 0 Å². The molecular weight excluding hydrogens is 274 g/mol. The van der Waals surface area contributed by atoms with Crippen LogP contribution in [0.5, 0.6) is 0 Å². The monoisotopic (exact) mass is 297 g/mol. The molecule has 1 fully saturated rings. The molecule has 112 valence electrons. The van der Waals surface area contributed by atoms with Gasteiger partial charge in [-0.25, -0.2) is 8.42 Å². The molecule has 0 amide bonds. The number of sulfone groups is 1. The molecule has 2 atom stereocenters. The average Bonchev–Trinajstić information content (AvgIpc) is 2.65. The van der Waals surface area contributed by atoms with E-state index in [1.165, 1.54) is 6.42 Å². The first kappa shape index (κ1) is 15.3. The molecule has 1 aliphatic carbocycles. The third-order valence-electron chi connectivity index (χ3n) is 3.93. The zero-order valence-electron chi connectivity index (χ0n) is 11.9. The highest BCUT2D eigenvalue weighted by atomic mass is 32.2. The topological polar surface area (TPSA) is 66.4 Å². The van der Waals surface area contributed by atoms with E-state index in [-0.39, 0.29) is 17.9 Å². The zero-order chi connectivity index (χ0) is 14.6. The Labute approximate surface area is 121 Å². The van der Waals surface area contributed by atoms with Gasteiger partial charge in [0.1, 0.15) is 0 Å². The van der Waals surface area contributed by atoms with Gasteiger partial charge in [-0.2, -0.15) is 0 Å². The van der Waals surface area contributed by atoms with Crippen molar-refractivity contribution in [3.8, 4) is 0 Å². The normalized spacial score (nSPS) is 24.1. The van der Waals surface area contributed by atoms with Crippen molar-refractivity contribution in [2.75, 3.05) is 11.1 Å². The molecule has 0 heterocycles. The van der Waals surface area contributed by atoms with Crippen molar-refractivity contribution in [2.24, 2.45) is 0 Å². The molecule has 4 nitrogen and oxygen atoms in total. The molecule has 1 saturated carbocycles. The molecule has 1 aromatic rings. The third-order valence-corrected chi connectivity index (χ3v) is 5.68. The van der Waals surface area contributed by atoms with Crippen LogP contribution in [0.25, 0.3) is 0 Å². The van der Waals surface area contributed by atoms with E-state index in [0.29, 0.717) is 4.90 Å². The minimum Gasteiger partial charge on any atom is -0.391 e. The van der Waals surface area contributed by atoms with Crippen molar-refractivity contribution in [3.05, 3.63) is 24.3 Å². The summed E-state index contributed by atoms with van der Waals surface area (Å²) in [5.41, 5.74) is 0.867. The van der Waals surface area contributed by atoms with Crippen molar-refractivity contribution >= 4 is 15.5 Å². The Morgan fingerprint density at radius 1 is 1.15 bits per heavy atom. The summed E-state index contributed by atoms with van der Waals surface area (Å²) in [5, 5.41) is 13.4. The molecule has 2 unspecified atom stereocenters. The predicted octanol–water partition coefficient (Wildman–Crippen LogP) is 2.59. The van der Waals surface area contributed by atoms with Gasteiger partial charge in [0.15, 0.2) is 9.84 Å². The lowest BCUT2D eigenvalue weighted by Gasteiger charge is -2.23. The fourth-order valence-corrected chi connectivity index (χ4v) is 3.48. The van der Waals surface area contributed by atoms with Gasteiger partial charge in [0, 0.05) is 5.69 Å². The highest BCUT2D eigenvalue weighted by molar-refractivity contribution is 7.91. The Hall–Kier alpha value is -1.07. The summed E-state index contributed by atoms with van der Waals surface area (Å²) in [6.45, 7) is 1.64. The van der Waals surface area contributed by atoms with Gasteiger partial charge in [-0.1, -0.05) is 26.2 Å². The summed E-state index contributed by atoms with van der Waals surface area (Å²) < 4.78 is 23.5. The number of aliphatic hydroxyl groups excluding tert-OH is 1. The minimum atomic E-state index is -3.14. The second-order valence-electron chi connectivity index (χ2n) is 5.38. The average molecular weight is 297 g/mol. The Morgan fingerprint density at radius 3 is 2.45 bits per heavy atom. The van der Waals surface area contributed by atoms with Gasteiger partial charge in [-0.15, -0.1) is 0 Å². The molecule has 0 radical (unpaired) electrons. The molecule has 0 aromatic heterocycles. The standard InChI is InChI=1S/C15H23NO3S/c1-2-20(18,19)13-10-8-12(9-11-13)16-14-6-4-3-5-7-15(14)17/h8-11,14-17H,2-7H2,1H3. The predicted molar refractivity (Wildman–Crippen MR) is 80.7 cm³/mol. The molecule has 5 heteroatoms. The Balaban J connectivity index is 2.07. The van der Waals surface area contributed by atoms with Crippen molar-refractivity contribution in [2.45, 2.75) is 56.1 Å². The molecular formula is C15H23NO3S. The SMILES string of the molecule is CCS(=O)(=O)c1ccc(NC2CCCCCC2O)cc1. The molecule has 0 aliphatic heterocycles. The van der Waals surface area contributed by atoms with E-state index in [0.717, 1.165) is 31.4 Å². The minimum absolute atomic E-state index is 0.0612. The van der Waals surface area contributed by atoms with Gasteiger partial charge in [0.2, 0.25) is 0 Å². The third kappa shape index (κ3) is 3.73. The van der Waals surface area contributed by atoms with Crippen LogP contribution >= 0.6 is 0 Å². The van der Waals surface area contributed by atoms with Crippen LogP contribution in [0.3, 0.4) is 0 Å². The molecule has 0 spiro atoms. The van der Waals surface area contributed by atoms with E-state index in [1.54, 1.807) is 31.2 Å². The van der Waals surface area contributed by atoms with Gasteiger partial charge in [0.25, 0.3) is 0 Å². The fraction of sp³-hybridized carbons (Fsp3) is 0.600. The lowest BCUT2D eigenvalue weighted by atomic mass is 10.1. The number of hydrogen-bond acceptors (Lipinski definition) is 4. The maximum atomic E-state index is 11.7. The first-order valence-electron chi connectivity index (χ1n) is 7.30. The van der Waals surface area contributed by atoms with E-state index in [2.05, 4.69) is 5.32 Å². The lowest BCUT2D eigenvalue weighted by molar-refractivity contribution is 0.144. The highest BCUT2D eigenvalue weighted by Crippen LogP contribution is 2.22. The number of anilines is 1. The summed E-state index contributed by atoms with van der Waals surface area (Å²) in [7, 11) is -3.14. The smallest absolute Gasteiger partial charge is 0.178 e. The van der Waals surface area contributed by atoms with Gasteiger partial charge < -0.3 is 10.4 Å². The summed E-state index contributed by atoms with van der Waals surface area (Å²) in [6, 6.07) is 6.88. The first-order valence-corrected chi connectivity index (χ1v) is 8.95. The van der Waals surface area contributed by atoms with Gasteiger partial charge in [-0.05, 0) is 37.1 Å². The van der Waals surface area contributed by atoms with Crippen molar-refractivity contribution < 1.29 is 13.5 Å². The molecule has 2 rings (SSSR count). The fourth-order valence-electron chi connectivity index (χ4n) is 2.60. The van der Waals surface area contributed by atoms with Crippen molar-refractivity contribution in [1.29, 1.82) is 0 Å². The number of rotatable bonds is 4. The van der Waals surface area contributed by atoms with Crippen molar-refractivity contribution in [3.63, 3.8) is 0 Å². The van der Waals surface area contributed by atoms with Gasteiger partial charge >= 0.3 is 0 Å². The summed E-state index contributed by atoms with van der Waals surface area (Å²) in [6.07, 6.45) is 4.83. The van der Waals surface area contributed by atoms with E-state index in [4.69, 9.17) is 0 Å². The summed E-state index contributed by atoms with van der Waals surface area (Å²) in [4.78, 5) is 0.354. The molecule has 0 bridgehead atoms. The maximum absolute atomic E-state index is 11.7. The first-order chi connectivity index (χ1) is 9.53. The number of nitrogens with one attached hydrogen (secondary N) is 1. The Bertz CT molecular complexity index is 525. The van der Waals surface area contributed by atoms with Gasteiger partial charge in [0.05, 0.1) is 22.8 Å². The van der Waals surface area contributed by atoms with E-state index in [1.807, 2.05) is 0 Å². The molecule has 1 aliphatic rings. The van der Waals surface area contributed by atoms with E-state index < -0.39 is 9.84 Å². The Morgan fingerprint density at radius 2 is 1.80 bits per heavy atom. The highest BCUT2D eigenvalue weighted by Gasteiger charge is 2.21. The van der Waals surface area contributed by atoms with E-state index >= 15 is 0 Å². The van der Waals surface area contributed by atoms with Crippen LogP contribution in [0.4, 0.5) is 5.69 Å². The quantitative estimate of drug-likeness (QED) is 0.838. The maximum Gasteiger partial charge on any atom is 0.178 e. The molecule has 2 N–H and O–H groups in total. The van der Waals surface area contributed by atoms with Crippen LogP contribution < -0.4 is 5.32 Å². The second-order valence-corrected chi connectivity index (χ2v) is 7.66. The number of hydrogen-bond donors (Lipinski definition) is 2. The van der Waals surface area contributed by atoms with Crippen LogP contribution in [0.2, 0.25) is 0 Å². The van der Waals surface area contributed by atoms with Crippen LogP contribution in [-0.2, 0) is 9.84 Å². The Kier molecular flexibility index (Phi) is 5.05. The number of aliphatic hydroxyl groups is 1. The molecule has 0 saturated heterocycles. The van der Waals surface area contributed by atoms with Crippen LogP contribution in [0.15, 0.2) is 29.2 Å². The summed E-state index contributed by atoms with van der Waals surface area (Å²) in [5.74, 6) is 0.112. The second kappa shape index (κ2) is 6.59. The summed E-state index contributed by atoms with van der Waals surface area (Å²) >= 11 is 0. The van der Waals surface area contributed by atoms with Crippen LogP contribution in [0, 0.1) is 0 Å². The van der Waals surface area contributed by atoms with E-state index in [9.17, 15) is 13.5 Å².